The van der Waals surface area contributed by atoms with E-state index in [1.165, 1.54) is 11.6 Å². The van der Waals surface area contributed by atoms with Crippen LogP contribution in [0.3, 0.4) is 0 Å². The second-order valence-corrected chi connectivity index (χ2v) is 4.70. The van der Waals surface area contributed by atoms with E-state index in [2.05, 4.69) is 15.5 Å². The lowest BCUT2D eigenvalue weighted by atomic mass is 10.1. The zero-order valence-corrected chi connectivity index (χ0v) is 11.8. The monoisotopic (exact) mass is 273 g/mol. The van der Waals surface area contributed by atoms with E-state index in [1.54, 1.807) is 6.08 Å². The van der Waals surface area contributed by atoms with Gasteiger partial charge in [-0.25, -0.2) is 0 Å². The molecule has 0 aliphatic heterocycles. The summed E-state index contributed by atoms with van der Waals surface area (Å²) in [7, 11) is 0. The highest BCUT2D eigenvalue weighted by Crippen LogP contribution is 2.07. The van der Waals surface area contributed by atoms with E-state index in [9.17, 15) is 4.79 Å². The van der Waals surface area contributed by atoms with Gasteiger partial charge in [0.25, 0.3) is 0 Å². The zero-order chi connectivity index (χ0) is 14.4. The second kappa shape index (κ2) is 6.75. The maximum atomic E-state index is 11.6. The summed E-state index contributed by atoms with van der Waals surface area (Å²) in [5.41, 5.74) is 2.28. The van der Waals surface area contributed by atoms with Gasteiger partial charge in [-0.1, -0.05) is 0 Å². The van der Waals surface area contributed by atoms with Crippen LogP contribution in [0, 0.1) is 13.8 Å². The Balaban J connectivity index is 1.68. The van der Waals surface area contributed by atoms with Crippen LogP contribution in [-0.2, 0) is 11.2 Å². The summed E-state index contributed by atoms with van der Waals surface area (Å²) in [6, 6.07) is 3.70. The smallest absolute Gasteiger partial charge is 0.244 e. The van der Waals surface area contributed by atoms with Crippen molar-refractivity contribution in [2.75, 3.05) is 6.54 Å². The van der Waals surface area contributed by atoms with Gasteiger partial charge in [0, 0.05) is 18.3 Å². The summed E-state index contributed by atoms with van der Waals surface area (Å²) in [5.74, 6) is 1.41. The van der Waals surface area contributed by atoms with Crippen molar-refractivity contribution in [2.45, 2.75) is 26.7 Å². The lowest BCUT2D eigenvalue weighted by Gasteiger charge is -2.01. The number of carbonyl (C=O) groups excluding carboxylic acids is 1. The van der Waals surface area contributed by atoms with Gasteiger partial charge in [0.15, 0.2) is 0 Å². The van der Waals surface area contributed by atoms with E-state index in [-0.39, 0.29) is 5.91 Å². The van der Waals surface area contributed by atoms with Crippen LogP contribution in [0.1, 0.15) is 29.2 Å². The molecule has 20 heavy (non-hydrogen) atoms. The molecule has 5 heteroatoms. The van der Waals surface area contributed by atoms with Crippen molar-refractivity contribution >= 4 is 12.0 Å². The largest absolute Gasteiger partial charge is 0.462 e. The van der Waals surface area contributed by atoms with Crippen LogP contribution in [0.4, 0.5) is 0 Å². The maximum absolute atomic E-state index is 11.6. The van der Waals surface area contributed by atoms with Crippen LogP contribution in [0.25, 0.3) is 6.08 Å². The van der Waals surface area contributed by atoms with Crippen LogP contribution in [0.15, 0.2) is 28.8 Å². The number of aromatic amines is 1. The number of rotatable bonds is 6. The minimum absolute atomic E-state index is 0.108. The summed E-state index contributed by atoms with van der Waals surface area (Å²) in [4.78, 5) is 11.6. The van der Waals surface area contributed by atoms with Gasteiger partial charge in [0.1, 0.15) is 11.5 Å². The summed E-state index contributed by atoms with van der Waals surface area (Å²) in [5, 5.41) is 9.71. The van der Waals surface area contributed by atoms with Crippen LogP contribution in [-0.4, -0.2) is 22.6 Å². The first-order valence-corrected chi connectivity index (χ1v) is 6.66. The Morgan fingerprint density at radius 1 is 1.45 bits per heavy atom. The fraction of sp³-hybridized carbons (Fsp3) is 0.333. The SMILES string of the molecule is Cc1ccc(C=CC(=O)NCCCc2cn[nH]c2C)o1. The number of nitrogens with one attached hydrogen (secondary N) is 2. The number of carbonyl (C=O) groups is 1. The molecule has 0 aliphatic carbocycles. The summed E-state index contributed by atoms with van der Waals surface area (Å²) >= 11 is 0. The molecule has 0 bridgehead atoms. The topological polar surface area (TPSA) is 70.9 Å². The zero-order valence-electron chi connectivity index (χ0n) is 11.8. The molecule has 2 heterocycles. The highest BCUT2D eigenvalue weighted by Gasteiger charge is 2.01. The molecule has 2 N–H and O–H groups in total. The highest BCUT2D eigenvalue weighted by molar-refractivity contribution is 5.91. The average molecular weight is 273 g/mol. The number of hydrogen-bond donors (Lipinski definition) is 2. The van der Waals surface area contributed by atoms with Crippen molar-refractivity contribution in [2.24, 2.45) is 0 Å². The predicted molar refractivity (Wildman–Crippen MR) is 77.1 cm³/mol. The minimum atomic E-state index is -0.108. The lowest BCUT2D eigenvalue weighted by Crippen LogP contribution is -2.22. The molecule has 0 spiro atoms. The first kappa shape index (κ1) is 14.1. The van der Waals surface area contributed by atoms with E-state index in [1.807, 2.05) is 32.2 Å². The number of hydrogen-bond acceptors (Lipinski definition) is 3. The molecule has 0 unspecified atom stereocenters. The number of nitrogens with zero attached hydrogens (tertiary/aromatic N) is 1. The maximum Gasteiger partial charge on any atom is 0.244 e. The fourth-order valence-corrected chi connectivity index (χ4v) is 1.88. The quantitative estimate of drug-likeness (QED) is 0.627. The van der Waals surface area contributed by atoms with E-state index in [0.717, 1.165) is 24.3 Å². The number of amides is 1. The Morgan fingerprint density at radius 2 is 2.30 bits per heavy atom. The molecule has 5 nitrogen and oxygen atoms in total. The molecule has 0 atom stereocenters. The van der Waals surface area contributed by atoms with Crippen molar-refractivity contribution in [1.29, 1.82) is 0 Å². The van der Waals surface area contributed by atoms with Crippen molar-refractivity contribution in [1.82, 2.24) is 15.5 Å². The van der Waals surface area contributed by atoms with E-state index in [0.29, 0.717) is 12.3 Å². The van der Waals surface area contributed by atoms with Crippen LogP contribution < -0.4 is 5.32 Å². The molecular weight excluding hydrogens is 254 g/mol. The number of aromatic nitrogens is 2. The fourth-order valence-electron chi connectivity index (χ4n) is 1.88. The summed E-state index contributed by atoms with van der Waals surface area (Å²) < 4.78 is 5.34. The molecule has 2 rings (SSSR count). The number of furan rings is 1. The van der Waals surface area contributed by atoms with Gasteiger partial charge in [-0.3, -0.25) is 9.89 Å². The molecule has 0 aliphatic rings. The number of H-pyrrole nitrogens is 1. The first-order valence-electron chi connectivity index (χ1n) is 6.66. The molecule has 1 amide bonds. The molecule has 106 valence electrons. The molecule has 0 saturated heterocycles. The Morgan fingerprint density at radius 3 is 2.95 bits per heavy atom. The average Bonchev–Trinajstić information content (AvgIpc) is 3.01. The molecule has 0 fully saturated rings. The van der Waals surface area contributed by atoms with Gasteiger partial charge >= 0.3 is 0 Å². The Hall–Kier alpha value is -2.30. The highest BCUT2D eigenvalue weighted by atomic mass is 16.3. The van der Waals surface area contributed by atoms with Crippen molar-refractivity contribution in [3.63, 3.8) is 0 Å². The second-order valence-electron chi connectivity index (χ2n) is 4.70. The minimum Gasteiger partial charge on any atom is -0.462 e. The third-order valence-corrected chi connectivity index (χ3v) is 3.02. The molecule has 0 aromatic carbocycles. The first-order chi connectivity index (χ1) is 9.65. The van der Waals surface area contributed by atoms with Crippen molar-refractivity contribution in [3.05, 3.63) is 47.2 Å². The van der Waals surface area contributed by atoms with Gasteiger partial charge in [-0.15, -0.1) is 0 Å². The van der Waals surface area contributed by atoms with Gasteiger partial charge < -0.3 is 9.73 Å². The van der Waals surface area contributed by atoms with Gasteiger partial charge in [-0.05, 0) is 50.5 Å². The van der Waals surface area contributed by atoms with E-state index in [4.69, 9.17) is 4.42 Å². The molecule has 2 aromatic heterocycles. The Kier molecular flexibility index (Phi) is 4.76. The molecule has 0 radical (unpaired) electrons. The molecule has 0 saturated carbocycles. The normalized spacial score (nSPS) is 11.1. The Bertz CT molecular complexity index is 596. The van der Waals surface area contributed by atoms with E-state index >= 15 is 0 Å². The van der Waals surface area contributed by atoms with Crippen LogP contribution in [0.5, 0.6) is 0 Å². The van der Waals surface area contributed by atoms with Gasteiger partial charge in [-0.2, -0.15) is 5.10 Å². The summed E-state index contributed by atoms with van der Waals surface area (Å²) in [6.07, 6.45) is 6.78. The van der Waals surface area contributed by atoms with Gasteiger partial charge in [0.2, 0.25) is 5.91 Å². The number of aryl methyl sites for hydroxylation is 3. The Labute approximate surface area is 118 Å². The predicted octanol–water partition coefficient (Wildman–Crippen LogP) is 2.38. The standard InChI is InChI=1S/C15H19N3O2/c1-11-5-6-14(20-11)7-8-15(19)16-9-3-4-13-10-17-18-12(13)2/h5-8,10H,3-4,9H2,1-2H3,(H,16,19)(H,17,18). The van der Waals surface area contributed by atoms with Crippen LogP contribution in [0.2, 0.25) is 0 Å². The van der Waals surface area contributed by atoms with Crippen molar-refractivity contribution in [3.8, 4) is 0 Å². The summed E-state index contributed by atoms with van der Waals surface area (Å²) in [6.45, 7) is 4.51. The molecular formula is C15H19N3O2. The molecule has 2 aromatic rings. The lowest BCUT2D eigenvalue weighted by molar-refractivity contribution is -0.116. The van der Waals surface area contributed by atoms with Crippen LogP contribution >= 0.6 is 0 Å². The third-order valence-electron chi connectivity index (χ3n) is 3.02. The van der Waals surface area contributed by atoms with Gasteiger partial charge in [0.05, 0.1) is 6.20 Å². The van der Waals surface area contributed by atoms with E-state index < -0.39 is 0 Å². The van der Waals surface area contributed by atoms with Crippen molar-refractivity contribution < 1.29 is 9.21 Å². The third kappa shape index (κ3) is 4.12.